The number of anilines is 1. The van der Waals surface area contributed by atoms with E-state index in [1.807, 2.05) is 6.92 Å². The van der Waals surface area contributed by atoms with E-state index in [9.17, 15) is 0 Å². The van der Waals surface area contributed by atoms with Gasteiger partial charge in [0, 0.05) is 6.54 Å². The molecule has 0 spiro atoms. The lowest BCUT2D eigenvalue weighted by atomic mass is 9.94. The van der Waals surface area contributed by atoms with E-state index in [-0.39, 0.29) is 0 Å². The highest BCUT2D eigenvalue weighted by Gasteiger charge is 2.16. The maximum Gasteiger partial charge on any atom is 0.205 e. The Hall–Kier alpha value is -0.680. The lowest BCUT2D eigenvalue weighted by Crippen LogP contribution is -2.30. The van der Waals surface area contributed by atoms with Crippen molar-refractivity contribution in [3.63, 3.8) is 0 Å². The molecule has 1 fully saturated rings. The van der Waals surface area contributed by atoms with Crippen LogP contribution in [-0.2, 0) is 0 Å². The second-order valence-electron chi connectivity index (χ2n) is 4.59. The van der Waals surface area contributed by atoms with Crippen LogP contribution in [0.4, 0.5) is 5.13 Å². The summed E-state index contributed by atoms with van der Waals surface area (Å²) in [6.45, 7) is 5.52. The van der Waals surface area contributed by atoms with Gasteiger partial charge in [-0.15, -0.1) is 10.2 Å². The molecule has 0 aromatic carbocycles. The van der Waals surface area contributed by atoms with Crippen molar-refractivity contribution in [3.05, 3.63) is 5.01 Å². The SMILES string of the molecule is Cc1nnc(NCCC2CCN(C)CC2)s1. The monoisotopic (exact) mass is 240 g/mol. The molecule has 0 unspecified atom stereocenters. The molecule has 16 heavy (non-hydrogen) atoms. The van der Waals surface area contributed by atoms with Gasteiger partial charge in [0.2, 0.25) is 5.13 Å². The zero-order valence-corrected chi connectivity index (χ0v) is 10.9. The summed E-state index contributed by atoms with van der Waals surface area (Å²) in [4.78, 5) is 2.41. The van der Waals surface area contributed by atoms with E-state index in [1.165, 1.54) is 32.4 Å². The number of aryl methyl sites for hydroxylation is 1. The summed E-state index contributed by atoms with van der Waals surface area (Å²) < 4.78 is 0. The average Bonchev–Trinajstić information content (AvgIpc) is 2.67. The van der Waals surface area contributed by atoms with E-state index >= 15 is 0 Å². The van der Waals surface area contributed by atoms with Crippen molar-refractivity contribution in [1.82, 2.24) is 15.1 Å². The zero-order valence-electron chi connectivity index (χ0n) is 10.1. The summed E-state index contributed by atoms with van der Waals surface area (Å²) in [6, 6.07) is 0. The Bertz CT molecular complexity index is 318. The van der Waals surface area contributed by atoms with Gasteiger partial charge in [-0.2, -0.15) is 0 Å². The third-order valence-corrected chi connectivity index (χ3v) is 3.99. The summed E-state index contributed by atoms with van der Waals surface area (Å²) in [5.74, 6) is 0.887. The molecule has 2 rings (SSSR count). The predicted octanol–water partition coefficient (Wildman–Crippen LogP) is 1.99. The van der Waals surface area contributed by atoms with E-state index in [1.54, 1.807) is 11.3 Å². The van der Waals surface area contributed by atoms with Crippen molar-refractivity contribution >= 4 is 16.5 Å². The van der Waals surface area contributed by atoms with Gasteiger partial charge in [0.1, 0.15) is 5.01 Å². The smallest absolute Gasteiger partial charge is 0.205 e. The molecule has 2 heterocycles. The fraction of sp³-hybridized carbons (Fsp3) is 0.818. The highest BCUT2D eigenvalue weighted by Crippen LogP contribution is 2.20. The first-order chi connectivity index (χ1) is 7.74. The highest BCUT2D eigenvalue weighted by atomic mass is 32.1. The van der Waals surface area contributed by atoms with Crippen LogP contribution < -0.4 is 5.32 Å². The van der Waals surface area contributed by atoms with Crippen molar-refractivity contribution in [2.75, 3.05) is 32.0 Å². The van der Waals surface area contributed by atoms with Crippen LogP contribution in [0.5, 0.6) is 0 Å². The largest absolute Gasteiger partial charge is 0.360 e. The predicted molar refractivity (Wildman–Crippen MR) is 68.0 cm³/mol. The van der Waals surface area contributed by atoms with Crippen LogP contribution in [0.15, 0.2) is 0 Å². The minimum absolute atomic E-state index is 0.887. The summed E-state index contributed by atoms with van der Waals surface area (Å²) in [5.41, 5.74) is 0. The number of hydrogen-bond donors (Lipinski definition) is 1. The maximum absolute atomic E-state index is 4.06. The number of hydrogen-bond acceptors (Lipinski definition) is 5. The van der Waals surface area contributed by atoms with Crippen molar-refractivity contribution in [2.45, 2.75) is 26.2 Å². The number of likely N-dealkylation sites (tertiary alicyclic amines) is 1. The molecule has 90 valence electrons. The van der Waals surface area contributed by atoms with Gasteiger partial charge in [0.25, 0.3) is 0 Å². The number of nitrogens with one attached hydrogen (secondary N) is 1. The minimum atomic E-state index is 0.887. The van der Waals surface area contributed by atoms with E-state index in [4.69, 9.17) is 0 Å². The Kier molecular flexibility index (Phi) is 4.12. The standard InChI is InChI=1S/C11H20N4S/c1-9-13-14-11(16-9)12-6-3-10-4-7-15(2)8-5-10/h10H,3-8H2,1-2H3,(H,12,14). The molecular formula is C11H20N4S. The van der Waals surface area contributed by atoms with Crippen molar-refractivity contribution in [1.29, 1.82) is 0 Å². The fourth-order valence-electron chi connectivity index (χ4n) is 2.10. The Morgan fingerprint density at radius 2 is 2.12 bits per heavy atom. The molecule has 1 aromatic heterocycles. The lowest BCUT2D eigenvalue weighted by molar-refractivity contribution is 0.215. The van der Waals surface area contributed by atoms with Gasteiger partial charge in [-0.25, -0.2) is 0 Å². The molecular weight excluding hydrogens is 220 g/mol. The van der Waals surface area contributed by atoms with Crippen molar-refractivity contribution < 1.29 is 0 Å². The van der Waals surface area contributed by atoms with Crippen LogP contribution in [0.1, 0.15) is 24.3 Å². The van der Waals surface area contributed by atoms with Gasteiger partial charge in [0.05, 0.1) is 0 Å². The van der Waals surface area contributed by atoms with Gasteiger partial charge in [-0.05, 0) is 52.2 Å². The van der Waals surface area contributed by atoms with E-state index < -0.39 is 0 Å². The van der Waals surface area contributed by atoms with Crippen molar-refractivity contribution in [2.24, 2.45) is 5.92 Å². The summed E-state index contributed by atoms with van der Waals surface area (Å²) in [7, 11) is 2.21. The molecule has 4 nitrogen and oxygen atoms in total. The maximum atomic E-state index is 4.06. The zero-order chi connectivity index (χ0) is 11.4. The first-order valence-electron chi connectivity index (χ1n) is 5.96. The van der Waals surface area contributed by atoms with E-state index in [0.29, 0.717) is 0 Å². The highest BCUT2D eigenvalue weighted by molar-refractivity contribution is 7.15. The van der Waals surface area contributed by atoms with E-state index in [2.05, 4.69) is 27.5 Å². The number of nitrogens with zero attached hydrogens (tertiary/aromatic N) is 3. The average molecular weight is 240 g/mol. The number of aromatic nitrogens is 2. The molecule has 1 saturated heterocycles. The Morgan fingerprint density at radius 3 is 2.75 bits per heavy atom. The number of rotatable bonds is 4. The van der Waals surface area contributed by atoms with Crippen LogP contribution >= 0.6 is 11.3 Å². The molecule has 0 bridgehead atoms. The molecule has 0 saturated carbocycles. The molecule has 1 N–H and O–H groups in total. The van der Waals surface area contributed by atoms with Gasteiger partial charge >= 0.3 is 0 Å². The van der Waals surface area contributed by atoms with Crippen LogP contribution in [0.25, 0.3) is 0 Å². The minimum Gasteiger partial charge on any atom is -0.360 e. The summed E-state index contributed by atoms with van der Waals surface area (Å²) >= 11 is 1.63. The molecule has 0 radical (unpaired) electrons. The molecule has 5 heteroatoms. The third-order valence-electron chi connectivity index (χ3n) is 3.19. The lowest BCUT2D eigenvalue weighted by Gasteiger charge is -2.28. The summed E-state index contributed by atoms with van der Waals surface area (Å²) in [6.07, 6.45) is 3.94. The Labute approximate surface area is 101 Å². The molecule has 0 amide bonds. The van der Waals surface area contributed by atoms with Crippen LogP contribution in [-0.4, -0.2) is 41.8 Å². The van der Waals surface area contributed by atoms with Gasteiger partial charge in [0.15, 0.2) is 0 Å². The third kappa shape index (κ3) is 3.42. The van der Waals surface area contributed by atoms with Crippen LogP contribution in [0, 0.1) is 12.8 Å². The topological polar surface area (TPSA) is 41.1 Å². The van der Waals surface area contributed by atoms with Gasteiger partial charge < -0.3 is 10.2 Å². The first kappa shape index (κ1) is 11.8. The van der Waals surface area contributed by atoms with Gasteiger partial charge in [-0.3, -0.25) is 0 Å². The molecule has 1 aliphatic rings. The fourth-order valence-corrected chi connectivity index (χ4v) is 2.72. The second kappa shape index (κ2) is 5.59. The quantitative estimate of drug-likeness (QED) is 0.874. The van der Waals surface area contributed by atoms with E-state index in [0.717, 1.165) is 22.6 Å². The molecule has 0 atom stereocenters. The molecule has 0 aliphatic carbocycles. The molecule has 1 aliphatic heterocycles. The second-order valence-corrected chi connectivity index (χ2v) is 5.77. The normalized spacial score (nSPS) is 18.9. The molecule has 1 aromatic rings. The van der Waals surface area contributed by atoms with Gasteiger partial charge in [-0.1, -0.05) is 11.3 Å². The van der Waals surface area contributed by atoms with Crippen LogP contribution in [0.3, 0.4) is 0 Å². The Morgan fingerprint density at radius 1 is 1.38 bits per heavy atom. The van der Waals surface area contributed by atoms with Crippen molar-refractivity contribution in [3.8, 4) is 0 Å². The number of piperidine rings is 1. The summed E-state index contributed by atoms with van der Waals surface area (Å²) in [5, 5.41) is 13.4. The van der Waals surface area contributed by atoms with Crippen LogP contribution in [0.2, 0.25) is 0 Å². The Balaban J connectivity index is 1.64. The first-order valence-corrected chi connectivity index (χ1v) is 6.78.